The third kappa shape index (κ3) is 4.78. The molecule has 17 heavy (non-hydrogen) atoms. The van der Waals surface area contributed by atoms with Crippen LogP contribution in [0.15, 0.2) is 30.3 Å². The molecule has 0 aliphatic heterocycles. The van der Waals surface area contributed by atoms with Crippen molar-refractivity contribution >= 4 is 17.6 Å². The van der Waals surface area contributed by atoms with Crippen LogP contribution >= 0.6 is 0 Å². The number of anilines is 3. The Morgan fingerprint density at radius 2 is 1.41 bits per heavy atom. The van der Waals surface area contributed by atoms with E-state index in [0.29, 0.717) is 5.82 Å². The van der Waals surface area contributed by atoms with Crippen LogP contribution in [0, 0.1) is 0 Å². The van der Waals surface area contributed by atoms with Gasteiger partial charge in [-0.3, -0.25) is 0 Å². The fourth-order valence-corrected chi connectivity index (χ4v) is 1.07. The van der Waals surface area contributed by atoms with Gasteiger partial charge < -0.3 is 17.2 Å². The van der Waals surface area contributed by atoms with E-state index >= 15 is 0 Å². The first kappa shape index (κ1) is 12.7. The average Bonchev–Trinajstić information content (AvgIpc) is 2.29. The zero-order chi connectivity index (χ0) is 12.7. The number of benzene rings is 1. The van der Waals surface area contributed by atoms with Crippen LogP contribution in [-0.4, -0.2) is 15.0 Å². The van der Waals surface area contributed by atoms with E-state index in [1.165, 1.54) is 0 Å². The number of aryl methyl sites for hydroxylation is 1. The van der Waals surface area contributed by atoms with Crippen LogP contribution in [0.4, 0.5) is 17.6 Å². The summed E-state index contributed by atoms with van der Waals surface area (Å²) in [5, 5.41) is 0. The molecule has 0 saturated heterocycles. The van der Waals surface area contributed by atoms with Crippen LogP contribution < -0.4 is 17.2 Å². The number of hydrogen-bond acceptors (Lipinski definition) is 6. The van der Waals surface area contributed by atoms with E-state index in [1.807, 2.05) is 37.3 Å². The van der Waals surface area contributed by atoms with E-state index in [4.69, 9.17) is 17.2 Å². The van der Waals surface area contributed by atoms with Gasteiger partial charge in [0.05, 0.1) is 0 Å². The summed E-state index contributed by atoms with van der Waals surface area (Å²) < 4.78 is 0. The van der Waals surface area contributed by atoms with Crippen molar-refractivity contribution < 1.29 is 0 Å². The van der Waals surface area contributed by atoms with Crippen molar-refractivity contribution in [2.24, 2.45) is 0 Å². The number of para-hydroxylation sites is 1. The highest BCUT2D eigenvalue weighted by Gasteiger charge is 1.96. The van der Waals surface area contributed by atoms with E-state index in [1.54, 1.807) is 0 Å². The molecule has 0 fully saturated rings. The van der Waals surface area contributed by atoms with Crippen molar-refractivity contribution in [1.29, 1.82) is 0 Å². The summed E-state index contributed by atoms with van der Waals surface area (Å²) >= 11 is 0. The molecule has 90 valence electrons. The van der Waals surface area contributed by atoms with Crippen LogP contribution in [0.3, 0.4) is 0 Å². The zero-order valence-corrected chi connectivity index (χ0v) is 9.67. The molecular formula is C11H16N6. The first-order valence-electron chi connectivity index (χ1n) is 5.18. The van der Waals surface area contributed by atoms with Gasteiger partial charge in [-0.1, -0.05) is 25.1 Å². The van der Waals surface area contributed by atoms with Crippen LogP contribution in [0.1, 0.15) is 12.7 Å². The molecule has 0 bridgehead atoms. The second kappa shape index (κ2) is 6.26. The fraction of sp³-hybridized carbons (Fsp3) is 0.182. The molecule has 2 aromatic rings. The van der Waals surface area contributed by atoms with Crippen molar-refractivity contribution in [1.82, 2.24) is 15.0 Å². The van der Waals surface area contributed by atoms with Crippen molar-refractivity contribution in [3.05, 3.63) is 36.2 Å². The molecular weight excluding hydrogens is 216 g/mol. The van der Waals surface area contributed by atoms with E-state index in [2.05, 4.69) is 15.0 Å². The second-order valence-corrected chi connectivity index (χ2v) is 3.23. The monoisotopic (exact) mass is 232 g/mol. The number of nitrogen functional groups attached to an aromatic ring is 3. The maximum atomic E-state index is 5.36. The van der Waals surface area contributed by atoms with Crippen molar-refractivity contribution in [2.45, 2.75) is 13.3 Å². The summed E-state index contributed by atoms with van der Waals surface area (Å²) in [7, 11) is 0. The van der Waals surface area contributed by atoms with Gasteiger partial charge in [-0.15, -0.1) is 0 Å². The lowest BCUT2D eigenvalue weighted by Gasteiger charge is -1.96. The molecule has 0 atom stereocenters. The lowest BCUT2D eigenvalue weighted by atomic mass is 10.3. The van der Waals surface area contributed by atoms with E-state index in [-0.39, 0.29) is 11.9 Å². The lowest BCUT2D eigenvalue weighted by molar-refractivity contribution is 0.916. The van der Waals surface area contributed by atoms with Crippen LogP contribution in [-0.2, 0) is 6.42 Å². The van der Waals surface area contributed by atoms with E-state index < -0.39 is 0 Å². The van der Waals surface area contributed by atoms with Gasteiger partial charge in [-0.05, 0) is 12.1 Å². The second-order valence-electron chi connectivity index (χ2n) is 3.23. The Balaban J connectivity index is 0.000000181. The molecule has 0 radical (unpaired) electrons. The molecule has 6 N–H and O–H groups in total. The Morgan fingerprint density at radius 3 is 1.76 bits per heavy atom. The highest BCUT2D eigenvalue weighted by Crippen LogP contribution is 1.98. The maximum Gasteiger partial charge on any atom is 0.225 e. The number of nitrogens with zero attached hydrogens (tertiary/aromatic N) is 3. The largest absolute Gasteiger partial charge is 0.399 e. The number of hydrogen-bond donors (Lipinski definition) is 3. The van der Waals surface area contributed by atoms with Gasteiger partial charge >= 0.3 is 0 Å². The minimum atomic E-state index is 0.185. The molecule has 1 heterocycles. The third-order valence-electron chi connectivity index (χ3n) is 1.83. The third-order valence-corrected chi connectivity index (χ3v) is 1.83. The van der Waals surface area contributed by atoms with Gasteiger partial charge in [0, 0.05) is 12.1 Å². The zero-order valence-electron chi connectivity index (χ0n) is 9.67. The summed E-state index contributed by atoms with van der Waals surface area (Å²) in [6.07, 6.45) is 0.719. The minimum absolute atomic E-state index is 0.185. The van der Waals surface area contributed by atoms with Crippen LogP contribution in [0.2, 0.25) is 0 Å². The Bertz CT molecular complexity index is 437. The number of rotatable bonds is 1. The van der Waals surface area contributed by atoms with Crippen LogP contribution in [0.5, 0.6) is 0 Å². The molecule has 6 nitrogen and oxygen atoms in total. The van der Waals surface area contributed by atoms with E-state index in [9.17, 15) is 0 Å². The van der Waals surface area contributed by atoms with Gasteiger partial charge in [-0.25, -0.2) is 0 Å². The highest BCUT2D eigenvalue weighted by atomic mass is 15.1. The number of nitrogens with two attached hydrogens (primary N) is 3. The normalized spacial score (nSPS) is 9.24. The summed E-state index contributed by atoms with van der Waals surface area (Å²) in [5.74, 6) is 0.999. The summed E-state index contributed by atoms with van der Waals surface area (Å²) in [5.41, 5.74) is 16.8. The highest BCUT2D eigenvalue weighted by molar-refractivity contribution is 5.35. The molecule has 1 aromatic heterocycles. The first-order valence-corrected chi connectivity index (χ1v) is 5.18. The molecule has 0 aliphatic carbocycles. The molecule has 1 aromatic carbocycles. The van der Waals surface area contributed by atoms with Crippen molar-refractivity contribution in [3.8, 4) is 0 Å². The lowest BCUT2D eigenvalue weighted by Crippen LogP contribution is -2.05. The van der Waals surface area contributed by atoms with E-state index in [0.717, 1.165) is 12.1 Å². The Morgan fingerprint density at radius 1 is 0.882 bits per heavy atom. The molecule has 0 amide bonds. The Kier molecular flexibility index (Phi) is 4.68. The molecule has 2 rings (SSSR count). The minimum Gasteiger partial charge on any atom is -0.399 e. The summed E-state index contributed by atoms with van der Waals surface area (Å²) in [4.78, 5) is 11.3. The summed E-state index contributed by atoms with van der Waals surface area (Å²) in [6.45, 7) is 1.92. The maximum absolute atomic E-state index is 5.36. The SMILES string of the molecule is CCc1nc(N)nc(N)n1.Nc1ccccc1. The molecule has 0 spiro atoms. The predicted molar refractivity (Wildman–Crippen MR) is 68.9 cm³/mol. The van der Waals surface area contributed by atoms with Crippen molar-refractivity contribution in [2.75, 3.05) is 17.2 Å². The smallest absolute Gasteiger partial charge is 0.225 e. The van der Waals surface area contributed by atoms with Crippen molar-refractivity contribution in [3.63, 3.8) is 0 Å². The quantitative estimate of drug-likeness (QED) is 0.628. The standard InChI is InChI=1S/C6H7N.C5H9N5/c7-6-4-2-1-3-5-6;1-2-3-8-4(6)10-5(7)9-3/h1-5H,7H2;2H2,1H3,(H4,6,7,8,9,10). The number of aromatic nitrogens is 3. The molecule has 0 aliphatic rings. The van der Waals surface area contributed by atoms with Gasteiger partial charge in [-0.2, -0.15) is 15.0 Å². The van der Waals surface area contributed by atoms with Crippen LogP contribution in [0.25, 0.3) is 0 Å². The van der Waals surface area contributed by atoms with Gasteiger partial charge in [0.25, 0.3) is 0 Å². The Labute approximate surface area is 99.9 Å². The first-order chi connectivity index (χ1) is 8.11. The molecule has 0 unspecified atom stereocenters. The van der Waals surface area contributed by atoms with Gasteiger partial charge in [0.2, 0.25) is 11.9 Å². The topological polar surface area (TPSA) is 117 Å². The molecule has 0 saturated carbocycles. The molecule has 6 heteroatoms. The predicted octanol–water partition coefficient (Wildman–Crippen LogP) is 0.867. The fourth-order valence-electron chi connectivity index (χ4n) is 1.07. The van der Waals surface area contributed by atoms with Gasteiger partial charge in [0.1, 0.15) is 5.82 Å². The van der Waals surface area contributed by atoms with Gasteiger partial charge in [0.15, 0.2) is 0 Å². The Hall–Kier alpha value is -2.37. The summed E-state index contributed by atoms with van der Waals surface area (Å²) in [6, 6.07) is 9.49. The average molecular weight is 232 g/mol.